The molecule has 3 rings (SSSR count). The van der Waals surface area contributed by atoms with E-state index in [9.17, 15) is 0 Å². The number of rotatable bonds is 5. The summed E-state index contributed by atoms with van der Waals surface area (Å²) in [5.74, 6) is 0. The summed E-state index contributed by atoms with van der Waals surface area (Å²) in [6.45, 7) is 2.26. The first kappa shape index (κ1) is 13.9. The zero-order valence-electron chi connectivity index (χ0n) is 12.7. The van der Waals surface area contributed by atoms with Gasteiger partial charge in [0.05, 0.1) is 0 Å². The molecule has 0 aromatic heterocycles. The third kappa shape index (κ3) is 3.00. The molecule has 0 heterocycles. The first-order valence-electron chi connectivity index (χ1n) is 7.93. The summed E-state index contributed by atoms with van der Waals surface area (Å²) in [6.07, 6.45) is 9.44. The Morgan fingerprint density at radius 2 is 1.57 bits per heavy atom. The summed E-state index contributed by atoms with van der Waals surface area (Å²) in [5.41, 5.74) is 7.11. The second-order valence-corrected chi connectivity index (χ2v) is 5.63. The van der Waals surface area contributed by atoms with Crippen LogP contribution in [0.1, 0.15) is 38.2 Å². The summed E-state index contributed by atoms with van der Waals surface area (Å²) in [6, 6.07) is 19.5. The van der Waals surface area contributed by atoms with E-state index in [1.165, 1.54) is 47.1 Å². The minimum absolute atomic E-state index is 1.07. The molecule has 0 saturated heterocycles. The molecule has 21 heavy (non-hydrogen) atoms. The Morgan fingerprint density at radius 1 is 0.857 bits per heavy atom. The number of unbranched alkanes of at least 4 members (excludes halogenated alkanes) is 1. The summed E-state index contributed by atoms with van der Waals surface area (Å²) in [7, 11) is 0. The molecule has 0 saturated carbocycles. The van der Waals surface area contributed by atoms with Gasteiger partial charge in [0, 0.05) is 0 Å². The van der Waals surface area contributed by atoms with E-state index in [1.807, 2.05) is 0 Å². The van der Waals surface area contributed by atoms with E-state index in [0.29, 0.717) is 0 Å². The molecular weight excluding hydrogens is 252 g/mol. The Hall–Kier alpha value is -2.08. The number of hydrogen-bond donors (Lipinski definition) is 0. The summed E-state index contributed by atoms with van der Waals surface area (Å²) < 4.78 is 0. The number of allylic oxidation sites excluding steroid dienone is 4. The van der Waals surface area contributed by atoms with Crippen molar-refractivity contribution in [3.05, 3.63) is 77.9 Å². The minimum Gasteiger partial charge on any atom is -0.0798 e. The fraction of sp³-hybridized carbons (Fsp3) is 0.238. The average molecular weight is 274 g/mol. The van der Waals surface area contributed by atoms with E-state index >= 15 is 0 Å². The van der Waals surface area contributed by atoms with Gasteiger partial charge in [-0.1, -0.05) is 80.1 Å². The molecule has 1 aliphatic carbocycles. The Labute approximate surface area is 127 Å². The predicted molar refractivity (Wildman–Crippen MR) is 92.1 cm³/mol. The van der Waals surface area contributed by atoms with Crippen LogP contribution in [0, 0.1) is 0 Å². The monoisotopic (exact) mass is 274 g/mol. The van der Waals surface area contributed by atoms with Gasteiger partial charge >= 0.3 is 0 Å². The van der Waals surface area contributed by atoms with Crippen molar-refractivity contribution in [1.29, 1.82) is 0 Å². The van der Waals surface area contributed by atoms with Crippen molar-refractivity contribution < 1.29 is 0 Å². The van der Waals surface area contributed by atoms with Crippen LogP contribution in [0.4, 0.5) is 0 Å². The molecule has 0 bridgehead atoms. The van der Waals surface area contributed by atoms with Crippen molar-refractivity contribution in [2.75, 3.05) is 0 Å². The van der Waals surface area contributed by atoms with Gasteiger partial charge in [-0.2, -0.15) is 0 Å². The highest BCUT2D eigenvalue weighted by Gasteiger charge is 2.14. The van der Waals surface area contributed by atoms with Gasteiger partial charge in [-0.3, -0.25) is 0 Å². The molecule has 0 fully saturated rings. The maximum atomic E-state index is 2.33. The number of hydrogen-bond acceptors (Lipinski definition) is 0. The van der Waals surface area contributed by atoms with Gasteiger partial charge in [0.15, 0.2) is 0 Å². The van der Waals surface area contributed by atoms with E-state index in [-0.39, 0.29) is 0 Å². The maximum absolute atomic E-state index is 2.33. The van der Waals surface area contributed by atoms with Gasteiger partial charge in [-0.05, 0) is 47.1 Å². The van der Waals surface area contributed by atoms with Crippen molar-refractivity contribution in [3.63, 3.8) is 0 Å². The van der Waals surface area contributed by atoms with E-state index < -0.39 is 0 Å². The molecule has 0 heteroatoms. The van der Waals surface area contributed by atoms with Crippen molar-refractivity contribution in [3.8, 4) is 11.1 Å². The van der Waals surface area contributed by atoms with Crippen LogP contribution >= 0.6 is 0 Å². The van der Waals surface area contributed by atoms with Gasteiger partial charge in [0.1, 0.15) is 0 Å². The normalized spacial score (nSPS) is 14.0. The fourth-order valence-corrected chi connectivity index (χ4v) is 3.05. The van der Waals surface area contributed by atoms with E-state index in [2.05, 4.69) is 73.7 Å². The highest BCUT2D eigenvalue weighted by molar-refractivity contribution is 5.85. The Balaban J connectivity index is 2.03. The largest absolute Gasteiger partial charge is 0.0798 e. The molecule has 0 amide bonds. The minimum atomic E-state index is 1.07. The average Bonchev–Trinajstić information content (AvgIpc) is 3.02. The number of benzene rings is 2. The van der Waals surface area contributed by atoms with E-state index in [1.54, 1.807) is 0 Å². The third-order valence-corrected chi connectivity index (χ3v) is 4.17. The first-order chi connectivity index (χ1) is 10.4. The molecule has 2 aromatic rings. The quantitative estimate of drug-likeness (QED) is 0.604. The molecule has 1 aliphatic rings. The van der Waals surface area contributed by atoms with Crippen LogP contribution in [0.5, 0.6) is 0 Å². The topological polar surface area (TPSA) is 0 Å². The molecule has 106 valence electrons. The highest BCUT2D eigenvalue weighted by atomic mass is 14.2. The zero-order valence-corrected chi connectivity index (χ0v) is 12.7. The standard InChI is InChI=1S/C21H22/c1-2-3-10-17-13-9-16-20(17)21-15-8-7-14-19(21)18-11-5-4-6-12-18/h4-9,11-15H,2-3,10,16H2,1H3. The first-order valence-corrected chi connectivity index (χ1v) is 7.93. The van der Waals surface area contributed by atoms with Crippen LogP contribution in [0.3, 0.4) is 0 Å². The van der Waals surface area contributed by atoms with Gasteiger partial charge in [0.25, 0.3) is 0 Å². The van der Waals surface area contributed by atoms with Crippen LogP contribution in [0.25, 0.3) is 16.7 Å². The fourth-order valence-electron chi connectivity index (χ4n) is 3.05. The molecule has 0 nitrogen and oxygen atoms in total. The predicted octanol–water partition coefficient (Wildman–Crippen LogP) is 6.26. The van der Waals surface area contributed by atoms with Crippen molar-refractivity contribution in [2.24, 2.45) is 0 Å². The summed E-state index contributed by atoms with van der Waals surface area (Å²) >= 11 is 0. The SMILES string of the molecule is CCCCC1=C(c2ccccc2-c2ccccc2)CC=C1. The molecular formula is C21H22. The maximum Gasteiger partial charge on any atom is -0.00853 e. The van der Waals surface area contributed by atoms with Gasteiger partial charge in [-0.25, -0.2) is 0 Å². The van der Waals surface area contributed by atoms with Crippen LogP contribution in [-0.4, -0.2) is 0 Å². The summed E-state index contributed by atoms with van der Waals surface area (Å²) in [5, 5.41) is 0. The second-order valence-electron chi connectivity index (χ2n) is 5.63. The zero-order chi connectivity index (χ0) is 14.5. The Morgan fingerprint density at radius 3 is 2.33 bits per heavy atom. The lowest BCUT2D eigenvalue weighted by atomic mass is 9.91. The molecule has 0 N–H and O–H groups in total. The molecule has 2 aromatic carbocycles. The lowest BCUT2D eigenvalue weighted by molar-refractivity contribution is 0.800. The van der Waals surface area contributed by atoms with Crippen molar-refractivity contribution >= 4 is 5.57 Å². The molecule has 0 aliphatic heterocycles. The van der Waals surface area contributed by atoms with Crippen LogP contribution in [-0.2, 0) is 0 Å². The second kappa shape index (κ2) is 6.58. The third-order valence-electron chi connectivity index (χ3n) is 4.17. The molecule has 0 spiro atoms. The Bertz CT molecular complexity index is 659. The lowest BCUT2D eigenvalue weighted by Crippen LogP contribution is -1.91. The van der Waals surface area contributed by atoms with E-state index in [0.717, 1.165) is 6.42 Å². The van der Waals surface area contributed by atoms with Crippen LogP contribution < -0.4 is 0 Å². The van der Waals surface area contributed by atoms with Crippen molar-refractivity contribution in [2.45, 2.75) is 32.6 Å². The molecule has 0 unspecified atom stereocenters. The van der Waals surface area contributed by atoms with Crippen LogP contribution in [0.15, 0.2) is 72.3 Å². The smallest absolute Gasteiger partial charge is 0.00853 e. The van der Waals surface area contributed by atoms with E-state index in [4.69, 9.17) is 0 Å². The lowest BCUT2D eigenvalue weighted by Gasteiger charge is -2.13. The van der Waals surface area contributed by atoms with Gasteiger partial charge in [-0.15, -0.1) is 0 Å². The summed E-state index contributed by atoms with van der Waals surface area (Å²) in [4.78, 5) is 0. The van der Waals surface area contributed by atoms with Gasteiger partial charge in [0.2, 0.25) is 0 Å². The Kier molecular flexibility index (Phi) is 4.35. The highest BCUT2D eigenvalue weighted by Crippen LogP contribution is 2.37. The van der Waals surface area contributed by atoms with Gasteiger partial charge < -0.3 is 0 Å². The van der Waals surface area contributed by atoms with Crippen LogP contribution in [0.2, 0.25) is 0 Å². The molecule has 0 atom stereocenters. The molecule has 0 radical (unpaired) electrons. The van der Waals surface area contributed by atoms with Crippen molar-refractivity contribution in [1.82, 2.24) is 0 Å².